The van der Waals surface area contributed by atoms with Gasteiger partial charge in [0.25, 0.3) is 11.8 Å². The van der Waals surface area contributed by atoms with Crippen LogP contribution in [0.25, 0.3) is 0 Å². The van der Waals surface area contributed by atoms with Crippen molar-refractivity contribution in [2.24, 2.45) is 12.1 Å². The van der Waals surface area contributed by atoms with E-state index < -0.39 is 64.5 Å². The molecule has 1 fully saturated rings. The van der Waals surface area contributed by atoms with E-state index in [0.29, 0.717) is 53.8 Å². The van der Waals surface area contributed by atoms with Crippen molar-refractivity contribution in [3.8, 4) is 6.07 Å². The topological polar surface area (TPSA) is 176 Å². The van der Waals surface area contributed by atoms with Gasteiger partial charge in [0.15, 0.2) is 11.3 Å². The highest BCUT2D eigenvalue weighted by Crippen LogP contribution is 2.46. The average Bonchev–Trinajstić information content (AvgIpc) is 3.74. The van der Waals surface area contributed by atoms with Gasteiger partial charge in [0.1, 0.15) is 29.3 Å². The van der Waals surface area contributed by atoms with E-state index in [1.165, 1.54) is 61.5 Å². The molecule has 5 aromatic rings. The molecule has 3 aliphatic rings. The van der Waals surface area contributed by atoms with Crippen molar-refractivity contribution in [2.75, 3.05) is 33.5 Å². The van der Waals surface area contributed by atoms with E-state index in [1.807, 2.05) is 24.3 Å². The van der Waals surface area contributed by atoms with Crippen molar-refractivity contribution < 1.29 is 36.6 Å². The third kappa shape index (κ3) is 7.78. The number of aliphatic hydroxyl groups is 1. The van der Waals surface area contributed by atoms with E-state index in [0.717, 1.165) is 28.3 Å². The molecule has 0 saturated carbocycles. The van der Waals surface area contributed by atoms with Gasteiger partial charge in [-0.25, -0.2) is 13.8 Å². The molecule has 2 amide bonds. The number of aromatic nitrogens is 3. The summed E-state index contributed by atoms with van der Waals surface area (Å²) in [5.41, 5.74) is 2.83. The van der Waals surface area contributed by atoms with Gasteiger partial charge in [0.05, 0.1) is 46.1 Å². The summed E-state index contributed by atoms with van der Waals surface area (Å²) in [7, 11) is 1.78. The summed E-state index contributed by atoms with van der Waals surface area (Å²) in [5.74, 6) is -2.55. The standard InChI is InChI=1S/C43H38F5N11O3S/c1-42(2)40(62)58(26-11-8-23(20-49)30(18-26)43(46,47)48)41(63)59(42)27-12-13-28(31(45)19-27)38(60)51-15-5-4-14-50-25-9-6-22(7-10-25)35-34(37-52-21-53-57(37)3)36-33-29(39(61)56-55-36)16-24(44)17-32(33)54-35/h6-13,16-19,21,34-35,39,50,54,56,61H,4-5,14-15H2,1-3H3,(H,51,60). The second-order valence-electron chi connectivity index (χ2n) is 15.6. The second kappa shape index (κ2) is 16.4. The van der Waals surface area contributed by atoms with Crippen molar-refractivity contribution in [1.29, 1.82) is 5.26 Å². The molecular formula is C43H38F5N11O3S. The lowest BCUT2D eigenvalue weighted by Crippen LogP contribution is -2.44. The van der Waals surface area contributed by atoms with Crippen LogP contribution in [-0.4, -0.2) is 61.1 Å². The average molecular weight is 884 g/mol. The highest BCUT2D eigenvalue weighted by Gasteiger charge is 2.51. The van der Waals surface area contributed by atoms with Gasteiger partial charge in [-0.2, -0.15) is 28.6 Å². The first-order valence-corrected chi connectivity index (χ1v) is 20.1. The highest BCUT2D eigenvalue weighted by molar-refractivity contribution is 7.81. The first kappa shape index (κ1) is 42.7. The number of nitrogens with one attached hydrogen (secondary N) is 4. The smallest absolute Gasteiger partial charge is 0.385 e. The van der Waals surface area contributed by atoms with Crippen molar-refractivity contribution in [3.05, 3.63) is 130 Å². The molecule has 0 radical (unpaired) electrons. The molecule has 0 spiro atoms. The molecule has 3 aliphatic heterocycles. The number of thiocarbonyl (C=S) groups is 1. The number of carbonyl (C=O) groups excluding carboxylic acids is 2. The maximum atomic E-state index is 15.5. The van der Waals surface area contributed by atoms with Crippen LogP contribution in [0.2, 0.25) is 0 Å². The van der Waals surface area contributed by atoms with Crippen LogP contribution < -0.4 is 31.2 Å². The summed E-state index contributed by atoms with van der Waals surface area (Å²) >= 11 is 5.54. The number of alkyl halides is 3. The minimum absolute atomic E-state index is 0.106. The number of nitriles is 1. The molecule has 4 aromatic carbocycles. The SMILES string of the molecule is Cn1ncnc1C1C2=NNC(O)c3cc(F)cc(c32)NC1c1ccc(NCCCCNC(=O)c2ccc(N3C(=S)N(c4ccc(C#N)c(C(F)(F)F)c4)C(=O)C3(C)C)cc2F)cc1. The van der Waals surface area contributed by atoms with Crippen LogP contribution in [0.3, 0.4) is 0 Å². The van der Waals surface area contributed by atoms with Crippen LogP contribution in [0.5, 0.6) is 0 Å². The van der Waals surface area contributed by atoms with Crippen molar-refractivity contribution in [3.63, 3.8) is 0 Å². The second-order valence-corrected chi connectivity index (χ2v) is 16.0. The number of aliphatic hydroxyl groups excluding tert-OH is 1. The zero-order valence-electron chi connectivity index (χ0n) is 33.8. The summed E-state index contributed by atoms with van der Waals surface area (Å²) in [6.07, 6.45) is -3.38. The Morgan fingerprint density at radius 1 is 1.02 bits per heavy atom. The molecule has 0 bridgehead atoms. The van der Waals surface area contributed by atoms with Crippen LogP contribution in [0.15, 0.2) is 84.2 Å². The molecule has 1 saturated heterocycles. The first-order chi connectivity index (χ1) is 30.0. The molecule has 1 aromatic heterocycles. The van der Waals surface area contributed by atoms with E-state index in [1.54, 1.807) is 11.7 Å². The van der Waals surface area contributed by atoms with Crippen LogP contribution in [0.4, 0.5) is 44.7 Å². The van der Waals surface area contributed by atoms with Gasteiger partial charge < -0.3 is 26.0 Å². The Kier molecular flexibility index (Phi) is 11.1. The summed E-state index contributed by atoms with van der Waals surface area (Å²) in [6, 6.07) is 18.0. The molecular weight excluding hydrogens is 846 g/mol. The number of hydrazone groups is 1. The fourth-order valence-electron chi connectivity index (χ4n) is 8.14. The fraction of sp³-hybridized carbons (Fsp3) is 0.279. The van der Waals surface area contributed by atoms with Crippen molar-refractivity contribution in [2.45, 2.75) is 56.6 Å². The maximum absolute atomic E-state index is 15.5. The van der Waals surface area contributed by atoms with Gasteiger partial charge in [-0.05, 0) is 105 Å². The molecule has 4 heterocycles. The minimum Gasteiger partial charge on any atom is -0.385 e. The molecule has 5 N–H and O–H groups in total. The third-order valence-corrected chi connectivity index (χ3v) is 11.6. The van der Waals surface area contributed by atoms with Gasteiger partial charge in [0, 0.05) is 48.3 Å². The van der Waals surface area contributed by atoms with Gasteiger partial charge in [0.2, 0.25) is 0 Å². The number of benzene rings is 4. The number of anilines is 4. The van der Waals surface area contributed by atoms with E-state index >= 15 is 4.39 Å². The number of halogens is 5. The molecule has 20 heteroatoms. The van der Waals surface area contributed by atoms with Gasteiger partial charge in [-0.3, -0.25) is 24.6 Å². The quantitative estimate of drug-likeness (QED) is 0.0538. The van der Waals surface area contributed by atoms with E-state index in [-0.39, 0.29) is 28.6 Å². The zero-order chi connectivity index (χ0) is 45.0. The van der Waals surface area contributed by atoms with Crippen molar-refractivity contribution in [1.82, 2.24) is 25.5 Å². The summed E-state index contributed by atoms with van der Waals surface area (Å²) < 4.78 is 73.0. The Balaban J connectivity index is 0.866. The molecule has 3 atom stereocenters. The molecule has 63 heavy (non-hydrogen) atoms. The fourth-order valence-corrected chi connectivity index (χ4v) is 8.66. The number of hydrogen-bond donors (Lipinski definition) is 5. The number of rotatable bonds is 11. The Morgan fingerprint density at radius 2 is 1.75 bits per heavy atom. The minimum atomic E-state index is -4.87. The maximum Gasteiger partial charge on any atom is 0.417 e. The lowest BCUT2D eigenvalue weighted by Gasteiger charge is -2.38. The first-order valence-electron chi connectivity index (χ1n) is 19.7. The van der Waals surface area contributed by atoms with Crippen LogP contribution in [0, 0.1) is 23.0 Å². The Labute approximate surface area is 362 Å². The molecule has 3 unspecified atom stereocenters. The summed E-state index contributed by atoms with van der Waals surface area (Å²) in [5, 5.41) is 37.8. The van der Waals surface area contributed by atoms with Crippen LogP contribution in [-0.2, 0) is 18.0 Å². The molecule has 324 valence electrons. The zero-order valence-corrected chi connectivity index (χ0v) is 34.6. The van der Waals surface area contributed by atoms with Gasteiger partial charge in [-0.1, -0.05) is 12.1 Å². The van der Waals surface area contributed by atoms with Gasteiger partial charge >= 0.3 is 6.18 Å². The lowest BCUT2D eigenvalue weighted by atomic mass is 9.79. The summed E-state index contributed by atoms with van der Waals surface area (Å²) in [4.78, 5) is 33.3. The highest BCUT2D eigenvalue weighted by atomic mass is 32.1. The Bertz CT molecular complexity index is 2730. The number of nitrogens with zero attached hydrogens (tertiary/aromatic N) is 7. The van der Waals surface area contributed by atoms with E-state index in [9.17, 15) is 37.5 Å². The van der Waals surface area contributed by atoms with Crippen LogP contribution in [0.1, 0.15) is 88.9 Å². The third-order valence-electron chi connectivity index (χ3n) is 11.3. The molecule has 8 rings (SSSR count). The van der Waals surface area contributed by atoms with E-state index in [4.69, 9.17) is 12.2 Å². The van der Waals surface area contributed by atoms with Gasteiger partial charge in [-0.15, -0.1) is 0 Å². The number of hydrogen-bond acceptors (Lipinski definition) is 11. The lowest BCUT2D eigenvalue weighted by molar-refractivity contribution is -0.137. The monoisotopic (exact) mass is 883 g/mol. The number of amides is 2. The Morgan fingerprint density at radius 3 is 2.43 bits per heavy atom. The number of aryl methyl sites for hydroxylation is 1. The van der Waals surface area contributed by atoms with Crippen molar-refractivity contribution >= 4 is 57.6 Å². The largest absolute Gasteiger partial charge is 0.417 e. The Hall–Kier alpha value is -6.98. The number of unbranched alkanes of at least 4 members (excludes halogenated alkanes) is 1. The van der Waals surface area contributed by atoms with Crippen LogP contribution >= 0.6 is 12.2 Å². The predicted molar refractivity (Wildman–Crippen MR) is 227 cm³/mol. The normalized spacial score (nSPS) is 18.9. The molecule has 0 aliphatic carbocycles. The predicted octanol–water partition coefficient (Wildman–Crippen LogP) is 6.77. The molecule has 14 nitrogen and oxygen atoms in total. The number of carbonyl (C=O) groups is 2. The summed E-state index contributed by atoms with van der Waals surface area (Å²) in [6.45, 7) is 3.77. The van der Waals surface area contributed by atoms with E-state index in [2.05, 4.69) is 36.6 Å².